The maximum absolute atomic E-state index is 12.5. The van der Waals surface area contributed by atoms with E-state index < -0.39 is 11.4 Å². The first kappa shape index (κ1) is 17.3. The molecule has 1 aromatic carbocycles. The van der Waals surface area contributed by atoms with E-state index in [-0.39, 0.29) is 19.1 Å². The number of amides is 1. The number of nitrogens with one attached hydrogen (secondary N) is 1. The Balaban J connectivity index is 1.70. The number of methoxy groups -OCH3 is 1. The summed E-state index contributed by atoms with van der Waals surface area (Å²) < 4.78 is 10.8. The number of hydrogen-bond acceptors (Lipinski definition) is 4. The fraction of sp³-hybridized carbons (Fsp3) is 0.474. The van der Waals surface area contributed by atoms with Gasteiger partial charge in [0.25, 0.3) is 5.91 Å². The molecule has 0 atom stereocenters. The highest BCUT2D eigenvalue weighted by atomic mass is 16.5. The van der Waals surface area contributed by atoms with Crippen LogP contribution >= 0.6 is 0 Å². The Morgan fingerprint density at radius 1 is 1.28 bits per heavy atom. The van der Waals surface area contributed by atoms with Gasteiger partial charge in [-0.3, -0.25) is 9.59 Å². The number of rotatable bonds is 5. The largest absolute Gasteiger partial charge is 0.497 e. The third kappa shape index (κ3) is 3.62. The molecular formula is C19H23NO5. The number of benzene rings is 1. The zero-order chi connectivity index (χ0) is 17.9. The average molecular weight is 345 g/mol. The first-order valence-corrected chi connectivity index (χ1v) is 8.57. The number of carbonyl (C=O) groups excluding carboxylic acids is 1. The summed E-state index contributed by atoms with van der Waals surface area (Å²) in [6, 6.07) is 5.42. The zero-order valence-electron chi connectivity index (χ0n) is 14.3. The molecule has 1 saturated carbocycles. The molecule has 3 rings (SSSR count). The Morgan fingerprint density at radius 2 is 2.04 bits per heavy atom. The second-order valence-electron chi connectivity index (χ2n) is 6.69. The van der Waals surface area contributed by atoms with Crippen LogP contribution in [0.15, 0.2) is 23.8 Å². The van der Waals surface area contributed by atoms with E-state index in [1.165, 1.54) is 0 Å². The van der Waals surface area contributed by atoms with Crippen LogP contribution in [0.3, 0.4) is 0 Å². The predicted molar refractivity (Wildman–Crippen MR) is 92.6 cm³/mol. The summed E-state index contributed by atoms with van der Waals surface area (Å²) >= 11 is 0. The number of carboxylic acid groups (broad SMARTS) is 1. The van der Waals surface area contributed by atoms with Crippen molar-refractivity contribution in [3.05, 3.63) is 29.3 Å². The molecule has 0 aromatic heterocycles. The van der Waals surface area contributed by atoms with Crippen LogP contribution in [0, 0.1) is 5.41 Å². The van der Waals surface area contributed by atoms with Gasteiger partial charge in [0.15, 0.2) is 0 Å². The van der Waals surface area contributed by atoms with Crippen LogP contribution in [0.5, 0.6) is 11.5 Å². The van der Waals surface area contributed by atoms with Crippen molar-refractivity contribution >= 4 is 18.0 Å². The minimum atomic E-state index is -0.842. The number of carbonyl (C=O) groups is 2. The van der Waals surface area contributed by atoms with Gasteiger partial charge in [-0.25, -0.2) is 0 Å². The Morgan fingerprint density at radius 3 is 2.72 bits per heavy atom. The maximum atomic E-state index is 12.5. The maximum Gasteiger partial charge on any atom is 0.311 e. The van der Waals surface area contributed by atoms with Gasteiger partial charge in [-0.05, 0) is 37.1 Å². The van der Waals surface area contributed by atoms with Crippen molar-refractivity contribution in [2.24, 2.45) is 5.41 Å². The summed E-state index contributed by atoms with van der Waals surface area (Å²) in [5.41, 5.74) is 0.420. The van der Waals surface area contributed by atoms with Crippen LogP contribution in [0.2, 0.25) is 0 Å². The first-order chi connectivity index (χ1) is 12.0. The van der Waals surface area contributed by atoms with Gasteiger partial charge < -0.3 is 19.9 Å². The van der Waals surface area contributed by atoms with Crippen molar-refractivity contribution in [2.45, 2.75) is 32.1 Å². The number of fused-ring (bicyclic) bond motifs is 1. The zero-order valence-corrected chi connectivity index (χ0v) is 14.3. The number of aliphatic carboxylic acids is 1. The predicted octanol–water partition coefficient (Wildman–Crippen LogP) is 2.62. The van der Waals surface area contributed by atoms with Gasteiger partial charge in [-0.2, -0.15) is 0 Å². The van der Waals surface area contributed by atoms with Gasteiger partial charge in [0.1, 0.15) is 18.1 Å². The topological polar surface area (TPSA) is 84.9 Å². The minimum absolute atomic E-state index is 0.156. The van der Waals surface area contributed by atoms with E-state index in [0.29, 0.717) is 29.9 Å². The van der Waals surface area contributed by atoms with Crippen LogP contribution in [0.1, 0.15) is 37.7 Å². The van der Waals surface area contributed by atoms with Gasteiger partial charge in [0, 0.05) is 12.1 Å². The van der Waals surface area contributed by atoms with Crippen LogP contribution in [0.4, 0.5) is 0 Å². The lowest BCUT2D eigenvalue weighted by Gasteiger charge is -2.33. The molecule has 0 saturated heterocycles. The van der Waals surface area contributed by atoms with Crippen LogP contribution in [-0.4, -0.2) is 37.2 Å². The van der Waals surface area contributed by atoms with Crippen molar-refractivity contribution in [1.82, 2.24) is 5.32 Å². The summed E-state index contributed by atoms with van der Waals surface area (Å²) in [5.74, 6) is 0.287. The molecule has 0 spiro atoms. The van der Waals surface area contributed by atoms with E-state index in [9.17, 15) is 14.7 Å². The highest BCUT2D eigenvalue weighted by Gasteiger charge is 2.40. The normalized spacial score (nSPS) is 18.4. The molecule has 25 heavy (non-hydrogen) atoms. The van der Waals surface area contributed by atoms with Gasteiger partial charge in [0.2, 0.25) is 0 Å². The first-order valence-electron chi connectivity index (χ1n) is 8.57. The number of ether oxygens (including phenoxy) is 2. The van der Waals surface area contributed by atoms with Gasteiger partial charge in [-0.15, -0.1) is 0 Å². The molecular weight excluding hydrogens is 322 g/mol. The van der Waals surface area contributed by atoms with Gasteiger partial charge in [0.05, 0.1) is 18.1 Å². The van der Waals surface area contributed by atoms with Crippen LogP contribution in [0.25, 0.3) is 6.08 Å². The molecule has 1 heterocycles. The van der Waals surface area contributed by atoms with Crippen LogP contribution in [-0.2, 0) is 9.59 Å². The second-order valence-corrected chi connectivity index (χ2v) is 6.69. The summed E-state index contributed by atoms with van der Waals surface area (Å²) in [7, 11) is 1.58. The van der Waals surface area contributed by atoms with E-state index in [4.69, 9.17) is 9.47 Å². The molecule has 134 valence electrons. The fourth-order valence-electron chi connectivity index (χ4n) is 3.47. The Labute approximate surface area is 146 Å². The molecule has 1 amide bonds. The van der Waals surface area contributed by atoms with Gasteiger partial charge >= 0.3 is 5.97 Å². The molecule has 6 heteroatoms. The Bertz CT molecular complexity index is 704. The van der Waals surface area contributed by atoms with E-state index >= 15 is 0 Å². The van der Waals surface area contributed by atoms with E-state index in [2.05, 4.69) is 5.32 Å². The number of carboxylic acids is 1. The molecule has 6 nitrogen and oxygen atoms in total. The van der Waals surface area contributed by atoms with Crippen molar-refractivity contribution in [2.75, 3.05) is 20.3 Å². The highest BCUT2D eigenvalue weighted by molar-refractivity contribution is 5.99. The minimum Gasteiger partial charge on any atom is -0.497 e. The molecule has 2 aliphatic rings. The third-order valence-corrected chi connectivity index (χ3v) is 5.07. The summed E-state index contributed by atoms with van der Waals surface area (Å²) in [4.78, 5) is 24.2. The van der Waals surface area contributed by atoms with Crippen molar-refractivity contribution in [1.29, 1.82) is 0 Å². The standard InChI is InChI=1S/C19H23NO5/c1-24-15-5-6-16-13(10-15)9-14(11-25-16)17(21)20-12-19(18(22)23)7-3-2-4-8-19/h5-6,9-10H,2-4,7-8,11-12H2,1H3,(H,20,21)(H,22,23). The second kappa shape index (κ2) is 7.17. The lowest BCUT2D eigenvalue weighted by Crippen LogP contribution is -2.45. The summed E-state index contributed by atoms with van der Waals surface area (Å²) in [5, 5.41) is 12.4. The monoisotopic (exact) mass is 345 g/mol. The molecule has 0 radical (unpaired) electrons. The quantitative estimate of drug-likeness (QED) is 0.857. The lowest BCUT2D eigenvalue weighted by molar-refractivity contribution is -0.150. The molecule has 2 N–H and O–H groups in total. The van der Waals surface area contributed by atoms with Crippen LogP contribution < -0.4 is 14.8 Å². The van der Waals surface area contributed by atoms with E-state index in [1.807, 2.05) is 6.07 Å². The molecule has 1 aliphatic carbocycles. The molecule has 1 aromatic rings. The third-order valence-electron chi connectivity index (χ3n) is 5.07. The average Bonchev–Trinajstić information content (AvgIpc) is 2.65. The SMILES string of the molecule is COc1ccc2c(c1)C=C(C(=O)NCC1(C(=O)O)CCCCC1)CO2. The summed E-state index contributed by atoms with van der Waals surface area (Å²) in [6.45, 7) is 0.328. The molecule has 1 fully saturated rings. The van der Waals surface area contributed by atoms with E-state index in [1.54, 1.807) is 25.3 Å². The van der Waals surface area contributed by atoms with Crippen molar-refractivity contribution in [3.63, 3.8) is 0 Å². The van der Waals surface area contributed by atoms with Gasteiger partial charge in [-0.1, -0.05) is 19.3 Å². The lowest BCUT2D eigenvalue weighted by atomic mass is 9.74. The molecule has 0 bridgehead atoms. The fourth-order valence-corrected chi connectivity index (χ4v) is 3.47. The Hall–Kier alpha value is -2.50. The van der Waals surface area contributed by atoms with Crippen molar-refractivity contribution in [3.8, 4) is 11.5 Å². The number of hydrogen-bond donors (Lipinski definition) is 2. The molecule has 1 aliphatic heterocycles. The Kier molecular flexibility index (Phi) is 4.97. The van der Waals surface area contributed by atoms with Crippen molar-refractivity contribution < 1.29 is 24.2 Å². The molecule has 0 unspecified atom stereocenters. The van der Waals surface area contributed by atoms with E-state index in [0.717, 1.165) is 24.8 Å². The highest BCUT2D eigenvalue weighted by Crippen LogP contribution is 2.36. The summed E-state index contributed by atoms with van der Waals surface area (Å²) in [6.07, 6.45) is 5.82. The smallest absolute Gasteiger partial charge is 0.311 e.